The summed E-state index contributed by atoms with van der Waals surface area (Å²) in [4.78, 5) is 0. The Morgan fingerprint density at radius 1 is 1.00 bits per heavy atom. The molecule has 0 aromatic heterocycles. The number of ether oxygens (including phenoxy) is 1. The van der Waals surface area contributed by atoms with Gasteiger partial charge < -0.3 is 4.74 Å². The molecule has 1 saturated carbocycles. The van der Waals surface area contributed by atoms with Crippen molar-refractivity contribution in [3.05, 3.63) is 0 Å². The monoisotopic (exact) mass is 214 g/mol. The molecule has 0 amide bonds. The quantitative estimate of drug-likeness (QED) is 0.671. The summed E-state index contributed by atoms with van der Waals surface area (Å²) in [6, 6.07) is 0. The van der Waals surface area contributed by atoms with Crippen molar-refractivity contribution in [2.75, 3.05) is 13.2 Å². The molecule has 92 valence electrons. The van der Waals surface area contributed by atoms with Crippen LogP contribution in [-0.2, 0) is 4.74 Å². The molecule has 1 fully saturated rings. The van der Waals surface area contributed by atoms with Crippen molar-refractivity contribution in [1.82, 2.24) is 0 Å². The van der Waals surface area contributed by atoms with Crippen LogP contribution in [0.5, 0.6) is 0 Å². The van der Waals surface area contributed by atoms with Crippen molar-refractivity contribution in [3.8, 4) is 0 Å². The lowest BCUT2D eigenvalue weighted by Crippen LogP contribution is -2.16. The topological polar surface area (TPSA) is 9.23 Å². The van der Waals surface area contributed by atoms with Crippen LogP contribution in [0.25, 0.3) is 0 Å². The molecule has 0 heterocycles. The number of hydrogen-bond donors (Lipinski definition) is 0. The zero-order valence-electron chi connectivity index (χ0n) is 11.4. The Labute approximate surface area is 96.6 Å². The summed E-state index contributed by atoms with van der Waals surface area (Å²) in [5, 5.41) is 0. The summed E-state index contributed by atoms with van der Waals surface area (Å²) >= 11 is 0. The molecule has 0 saturated heterocycles. The molecule has 0 N–H and O–H groups in total. The molecule has 0 radical (unpaired) electrons. The lowest BCUT2D eigenvalue weighted by atomic mass is 9.78. The van der Waals surface area contributed by atoms with Gasteiger partial charge in [-0.05, 0) is 44.4 Å². The highest BCUT2D eigenvalue weighted by molar-refractivity contribution is 4.71. The van der Waals surface area contributed by atoms with E-state index in [9.17, 15) is 0 Å². The molecule has 0 aromatic carbocycles. The van der Waals surface area contributed by atoms with Gasteiger partial charge in [-0.25, -0.2) is 0 Å². The fraction of sp³-hybridized carbons (Fsp3) is 1.00. The van der Waals surface area contributed by atoms with Crippen LogP contribution in [0.1, 0.15) is 60.3 Å². The Morgan fingerprint density at radius 2 is 1.47 bits per heavy atom. The minimum absolute atomic E-state index is 0.844. The number of rotatable bonds is 3. The van der Waals surface area contributed by atoms with Gasteiger partial charge in [0.2, 0.25) is 0 Å². The maximum Gasteiger partial charge on any atom is 0.0437 e. The van der Waals surface area contributed by atoms with Gasteiger partial charge in [0.25, 0.3) is 0 Å². The Bertz CT molecular complexity index is 121. The first-order chi connectivity index (χ1) is 7.11. The van der Waals surface area contributed by atoms with Gasteiger partial charge in [0, 0.05) is 13.2 Å². The highest BCUT2D eigenvalue weighted by atomic mass is 16.5. The molecule has 1 aliphatic carbocycles. The van der Waals surface area contributed by atoms with Crippen molar-refractivity contribution in [2.24, 2.45) is 17.8 Å². The first-order valence-electron chi connectivity index (χ1n) is 6.69. The van der Waals surface area contributed by atoms with Gasteiger partial charge in [-0.2, -0.15) is 0 Å². The van der Waals surface area contributed by atoms with E-state index in [0.717, 1.165) is 31.0 Å². The van der Waals surface area contributed by atoms with E-state index in [1.165, 1.54) is 25.7 Å². The summed E-state index contributed by atoms with van der Waals surface area (Å²) in [5.41, 5.74) is 0. The fourth-order valence-corrected chi connectivity index (χ4v) is 2.16. The largest absolute Gasteiger partial charge is 0.382 e. The van der Waals surface area contributed by atoms with Crippen molar-refractivity contribution in [1.29, 1.82) is 0 Å². The van der Waals surface area contributed by atoms with Crippen LogP contribution in [0, 0.1) is 17.8 Å². The lowest BCUT2D eigenvalue weighted by molar-refractivity contribution is 0.162. The van der Waals surface area contributed by atoms with Crippen molar-refractivity contribution in [2.45, 2.75) is 60.3 Å². The van der Waals surface area contributed by atoms with Crippen LogP contribution in [0.2, 0.25) is 0 Å². The molecule has 0 aliphatic heterocycles. The average Bonchev–Trinajstić information content (AvgIpc) is 2.20. The van der Waals surface area contributed by atoms with Gasteiger partial charge in [0.1, 0.15) is 0 Å². The smallest absolute Gasteiger partial charge is 0.0437 e. The maximum atomic E-state index is 4.83. The van der Waals surface area contributed by atoms with Crippen LogP contribution in [-0.4, -0.2) is 13.2 Å². The molecular weight excluding hydrogens is 184 g/mol. The molecule has 0 spiro atoms. The summed E-state index contributed by atoms with van der Waals surface area (Å²) in [7, 11) is 0. The minimum atomic E-state index is 0.844. The zero-order valence-corrected chi connectivity index (χ0v) is 11.4. The second-order valence-corrected chi connectivity index (χ2v) is 5.05. The van der Waals surface area contributed by atoms with Crippen molar-refractivity contribution in [3.63, 3.8) is 0 Å². The van der Waals surface area contributed by atoms with Crippen LogP contribution in [0.3, 0.4) is 0 Å². The zero-order chi connectivity index (χ0) is 11.7. The van der Waals surface area contributed by atoms with Gasteiger partial charge in [0.15, 0.2) is 0 Å². The van der Waals surface area contributed by atoms with Crippen LogP contribution < -0.4 is 0 Å². The molecule has 0 aromatic rings. The van der Waals surface area contributed by atoms with E-state index in [0.29, 0.717) is 0 Å². The maximum absolute atomic E-state index is 4.83. The van der Waals surface area contributed by atoms with E-state index in [-0.39, 0.29) is 0 Å². The molecule has 1 rings (SSSR count). The molecular formula is C14H30O. The van der Waals surface area contributed by atoms with E-state index in [2.05, 4.69) is 20.8 Å². The standard InChI is InChI=1S/C10H20.C4H10O/c1-8(2)10-6-4-9(3)5-7-10;1-3-5-4-2/h8-10H,4-7H2,1-3H3;3-4H2,1-2H3. The van der Waals surface area contributed by atoms with Gasteiger partial charge in [0.05, 0.1) is 0 Å². The molecule has 1 heteroatoms. The van der Waals surface area contributed by atoms with E-state index >= 15 is 0 Å². The first kappa shape index (κ1) is 15.0. The Kier molecular flexibility index (Phi) is 9.18. The Balaban J connectivity index is 0.000000336. The molecule has 0 atom stereocenters. The Hall–Kier alpha value is -0.0400. The predicted octanol–water partition coefficient (Wildman–Crippen LogP) is 4.51. The predicted molar refractivity (Wildman–Crippen MR) is 68.1 cm³/mol. The third-order valence-electron chi connectivity index (χ3n) is 3.41. The van der Waals surface area contributed by atoms with Gasteiger partial charge in [-0.15, -0.1) is 0 Å². The minimum Gasteiger partial charge on any atom is -0.382 e. The molecule has 0 bridgehead atoms. The van der Waals surface area contributed by atoms with Crippen molar-refractivity contribution < 1.29 is 4.74 Å². The van der Waals surface area contributed by atoms with E-state index in [1.54, 1.807) is 0 Å². The second-order valence-electron chi connectivity index (χ2n) is 5.05. The molecule has 1 aliphatic rings. The van der Waals surface area contributed by atoms with Crippen LogP contribution >= 0.6 is 0 Å². The normalized spacial score (nSPS) is 26.0. The highest BCUT2D eigenvalue weighted by Gasteiger charge is 2.19. The summed E-state index contributed by atoms with van der Waals surface area (Å²) in [6.07, 6.45) is 5.92. The molecule has 1 nitrogen and oxygen atoms in total. The SMILES string of the molecule is CC1CCC(C(C)C)CC1.CCOCC. The average molecular weight is 214 g/mol. The number of hydrogen-bond acceptors (Lipinski definition) is 1. The lowest BCUT2D eigenvalue weighted by Gasteiger charge is -2.28. The van der Waals surface area contributed by atoms with E-state index in [4.69, 9.17) is 4.74 Å². The third-order valence-corrected chi connectivity index (χ3v) is 3.41. The summed E-state index contributed by atoms with van der Waals surface area (Å²) < 4.78 is 4.83. The first-order valence-corrected chi connectivity index (χ1v) is 6.69. The van der Waals surface area contributed by atoms with E-state index in [1.807, 2.05) is 13.8 Å². The molecule has 15 heavy (non-hydrogen) atoms. The van der Waals surface area contributed by atoms with E-state index < -0.39 is 0 Å². The van der Waals surface area contributed by atoms with Gasteiger partial charge in [-0.1, -0.05) is 33.6 Å². The fourth-order valence-electron chi connectivity index (χ4n) is 2.16. The Morgan fingerprint density at radius 3 is 1.73 bits per heavy atom. The van der Waals surface area contributed by atoms with Gasteiger partial charge >= 0.3 is 0 Å². The third kappa shape index (κ3) is 7.84. The highest BCUT2D eigenvalue weighted by Crippen LogP contribution is 2.32. The van der Waals surface area contributed by atoms with Gasteiger partial charge in [-0.3, -0.25) is 0 Å². The van der Waals surface area contributed by atoms with Crippen LogP contribution in [0.15, 0.2) is 0 Å². The summed E-state index contributed by atoms with van der Waals surface area (Å²) in [5.74, 6) is 2.97. The van der Waals surface area contributed by atoms with Crippen molar-refractivity contribution >= 4 is 0 Å². The summed E-state index contributed by atoms with van der Waals surface area (Å²) in [6.45, 7) is 12.8. The molecule has 0 unspecified atom stereocenters. The van der Waals surface area contributed by atoms with Crippen LogP contribution in [0.4, 0.5) is 0 Å². The second kappa shape index (κ2) is 9.21.